The number of aryl methyl sites for hydroxylation is 2. The average molecular weight is 348 g/mol. The summed E-state index contributed by atoms with van der Waals surface area (Å²) in [5.41, 5.74) is 3.10. The van der Waals surface area contributed by atoms with E-state index < -0.39 is 0 Å². The third-order valence-electron chi connectivity index (χ3n) is 2.27. The molecule has 94 valence electrons. The minimum atomic E-state index is 0.0584. The molecule has 1 aromatic carbocycles. The zero-order valence-electron chi connectivity index (χ0n) is 9.63. The van der Waals surface area contributed by atoms with Crippen LogP contribution in [0, 0.1) is 13.8 Å². The SMILES string of the molecule is Cc1cc(Nc2nc(Cl)nc(Cl)n2)cc(C)c1Br. The lowest BCUT2D eigenvalue weighted by atomic mass is 10.1. The molecule has 0 unspecified atom stereocenters. The van der Waals surface area contributed by atoms with Gasteiger partial charge in [-0.3, -0.25) is 0 Å². The number of nitrogens with zero attached hydrogens (tertiary/aromatic N) is 3. The standard InChI is InChI=1S/C11H9BrCl2N4/c1-5-3-7(4-6(2)8(5)12)15-11-17-9(13)16-10(14)18-11/h3-4H,1-2H3,(H,15,16,17,18). The molecule has 1 aromatic heterocycles. The average Bonchev–Trinajstić information content (AvgIpc) is 2.24. The van der Waals surface area contributed by atoms with Gasteiger partial charge in [-0.15, -0.1) is 0 Å². The number of rotatable bonds is 2. The summed E-state index contributed by atoms with van der Waals surface area (Å²) < 4.78 is 1.08. The van der Waals surface area contributed by atoms with Gasteiger partial charge in [-0.05, 0) is 60.3 Å². The van der Waals surface area contributed by atoms with Crippen molar-refractivity contribution in [2.75, 3.05) is 5.32 Å². The lowest BCUT2D eigenvalue weighted by Crippen LogP contribution is -2.00. The van der Waals surface area contributed by atoms with Crippen LogP contribution in [0.5, 0.6) is 0 Å². The van der Waals surface area contributed by atoms with Gasteiger partial charge in [0.2, 0.25) is 16.5 Å². The Morgan fingerprint density at radius 1 is 1.00 bits per heavy atom. The van der Waals surface area contributed by atoms with Gasteiger partial charge in [0.05, 0.1) is 0 Å². The van der Waals surface area contributed by atoms with Gasteiger partial charge >= 0.3 is 0 Å². The Morgan fingerprint density at radius 2 is 1.50 bits per heavy atom. The highest BCUT2D eigenvalue weighted by molar-refractivity contribution is 9.10. The van der Waals surface area contributed by atoms with Crippen LogP contribution in [0.25, 0.3) is 0 Å². The molecule has 0 aliphatic rings. The van der Waals surface area contributed by atoms with Crippen LogP contribution < -0.4 is 5.32 Å². The van der Waals surface area contributed by atoms with Crippen LogP contribution in [0.4, 0.5) is 11.6 Å². The van der Waals surface area contributed by atoms with Gasteiger partial charge in [0.15, 0.2) is 0 Å². The van der Waals surface area contributed by atoms with Crippen molar-refractivity contribution >= 4 is 50.8 Å². The molecule has 4 nitrogen and oxygen atoms in total. The summed E-state index contributed by atoms with van der Waals surface area (Å²) in [5, 5.41) is 3.16. The molecule has 0 saturated heterocycles. The van der Waals surface area contributed by atoms with Crippen LogP contribution in [-0.2, 0) is 0 Å². The summed E-state index contributed by atoms with van der Waals surface area (Å²) in [4.78, 5) is 11.6. The molecule has 0 amide bonds. The van der Waals surface area contributed by atoms with Crippen molar-refractivity contribution in [1.82, 2.24) is 15.0 Å². The maximum atomic E-state index is 5.71. The Bertz CT molecular complexity index is 560. The molecule has 1 N–H and O–H groups in total. The molecule has 0 aliphatic carbocycles. The first kappa shape index (κ1) is 13.5. The van der Waals surface area contributed by atoms with E-state index in [-0.39, 0.29) is 10.6 Å². The van der Waals surface area contributed by atoms with E-state index in [0.717, 1.165) is 21.3 Å². The lowest BCUT2D eigenvalue weighted by molar-refractivity contribution is 1.05. The molecular weight excluding hydrogens is 339 g/mol. The summed E-state index contributed by atoms with van der Waals surface area (Å²) in [6.07, 6.45) is 0. The predicted molar refractivity (Wildman–Crippen MR) is 76.7 cm³/mol. The summed E-state index contributed by atoms with van der Waals surface area (Å²) >= 11 is 14.9. The Hall–Kier alpha value is -0.910. The van der Waals surface area contributed by atoms with Crippen molar-refractivity contribution in [1.29, 1.82) is 0 Å². The maximum absolute atomic E-state index is 5.71. The first-order chi connectivity index (χ1) is 8.45. The van der Waals surface area contributed by atoms with Gasteiger partial charge < -0.3 is 5.32 Å². The number of hydrogen-bond acceptors (Lipinski definition) is 4. The Kier molecular flexibility index (Phi) is 4.04. The van der Waals surface area contributed by atoms with Crippen molar-refractivity contribution in [3.63, 3.8) is 0 Å². The molecule has 0 fully saturated rings. The number of benzene rings is 1. The first-order valence-corrected chi connectivity index (χ1v) is 6.61. The van der Waals surface area contributed by atoms with Crippen molar-refractivity contribution in [2.45, 2.75) is 13.8 Å². The van der Waals surface area contributed by atoms with Crippen LogP contribution in [-0.4, -0.2) is 15.0 Å². The zero-order chi connectivity index (χ0) is 13.3. The van der Waals surface area contributed by atoms with E-state index in [1.807, 2.05) is 26.0 Å². The molecular formula is C11H9BrCl2N4. The van der Waals surface area contributed by atoms with Crippen LogP contribution in [0.3, 0.4) is 0 Å². The second-order valence-corrected chi connectivity index (χ2v) is 5.22. The number of aromatic nitrogens is 3. The normalized spacial score (nSPS) is 10.5. The van der Waals surface area contributed by atoms with Gasteiger partial charge in [0.25, 0.3) is 0 Å². The van der Waals surface area contributed by atoms with E-state index in [9.17, 15) is 0 Å². The fourth-order valence-electron chi connectivity index (χ4n) is 1.53. The minimum absolute atomic E-state index is 0.0584. The highest BCUT2D eigenvalue weighted by Crippen LogP contribution is 2.26. The molecule has 0 spiro atoms. The second kappa shape index (κ2) is 5.38. The van der Waals surface area contributed by atoms with E-state index >= 15 is 0 Å². The summed E-state index contributed by atoms with van der Waals surface area (Å²) in [7, 11) is 0. The number of hydrogen-bond donors (Lipinski definition) is 1. The molecule has 0 atom stereocenters. The van der Waals surface area contributed by atoms with Crippen LogP contribution >= 0.6 is 39.1 Å². The largest absolute Gasteiger partial charge is 0.324 e. The number of nitrogens with one attached hydrogen (secondary N) is 1. The Labute approximate surface area is 123 Å². The number of anilines is 2. The molecule has 2 rings (SSSR count). The third kappa shape index (κ3) is 3.10. The fourth-order valence-corrected chi connectivity index (χ4v) is 2.12. The molecule has 0 saturated carbocycles. The van der Waals surface area contributed by atoms with Gasteiger partial charge in [0.1, 0.15) is 0 Å². The third-order valence-corrected chi connectivity index (χ3v) is 3.86. The fraction of sp³-hybridized carbons (Fsp3) is 0.182. The van der Waals surface area contributed by atoms with Crippen LogP contribution in [0.15, 0.2) is 16.6 Å². The smallest absolute Gasteiger partial charge is 0.232 e. The monoisotopic (exact) mass is 346 g/mol. The zero-order valence-corrected chi connectivity index (χ0v) is 12.7. The quantitative estimate of drug-likeness (QED) is 0.879. The molecule has 18 heavy (non-hydrogen) atoms. The molecule has 2 aromatic rings. The summed E-state index contributed by atoms with van der Waals surface area (Å²) in [6, 6.07) is 3.95. The van der Waals surface area contributed by atoms with E-state index in [1.165, 1.54) is 0 Å². The van der Waals surface area contributed by atoms with Crippen LogP contribution in [0.1, 0.15) is 11.1 Å². The van der Waals surface area contributed by atoms with E-state index in [4.69, 9.17) is 23.2 Å². The highest BCUT2D eigenvalue weighted by Gasteiger charge is 2.06. The van der Waals surface area contributed by atoms with E-state index in [1.54, 1.807) is 0 Å². The van der Waals surface area contributed by atoms with Gasteiger partial charge in [-0.1, -0.05) is 15.9 Å². The predicted octanol–water partition coefficient (Wildman–Crippen LogP) is 4.30. The van der Waals surface area contributed by atoms with E-state index in [2.05, 4.69) is 36.2 Å². The molecule has 0 radical (unpaired) electrons. The van der Waals surface area contributed by atoms with Crippen molar-refractivity contribution < 1.29 is 0 Å². The van der Waals surface area contributed by atoms with Crippen molar-refractivity contribution in [3.8, 4) is 0 Å². The molecule has 1 heterocycles. The minimum Gasteiger partial charge on any atom is -0.324 e. The molecule has 0 bridgehead atoms. The first-order valence-electron chi connectivity index (χ1n) is 5.06. The van der Waals surface area contributed by atoms with Crippen molar-refractivity contribution in [3.05, 3.63) is 38.3 Å². The van der Waals surface area contributed by atoms with Gasteiger partial charge in [0, 0.05) is 10.2 Å². The van der Waals surface area contributed by atoms with E-state index in [0.29, 0.717) is 5.95 Å². The lowest BCUT2D eigenvalue weighted by Gasteiger charge is -2.09. The number of halogens is 3. The second-order valence-electron chi connectivity index (χ2n) is 3.75. The maximum Gasteiger partial charge on any atom is 0.232 e. The van der Waals surface area contributed by atoms with Crippen molar-refractivity contribution in [2.24, 2.45) is 0 Å². The molecule has 0 aliphatic heterocycles. The molecule has 7 heteroatoms. The Balaban J connectivity index is 2.34. The summed E-state index contributed by atoms with van der Waals surface area (Å²) in [6.45, 7) is 4.02. The van der Waals surface area contributed by atoms with Gasteiger partial charge in [-0.2, -0.15) is 15.0 Å². The summed E-state index contributed by atoms with van der Waals surface area (Å²) in [5.74, 6) is 0.320. The van der Waals surface area contributed by atoms with Gasteiger partial charge in [-0.25, -0.2) is 0 Å². The highest BCUT2D eigenvalue weighted by atomic mass is 79.9. The Morgan fingerprint density at radius 3 is 2.00 bits per heavy atom. The van der Waals surface area contributed by atoms with Crippen LogP contribution in [0.2, 0.25) is 10.6 Å². The topological polar surface area (TPSA) is 50.7 Å².